The van der Waals surface area contributed by atoms with E-state index in [0.717, 1.165) is 0 Å². The molecule has 1 aliphatic heterocycles. The van der Waals surface area contributed by atoms with Gasteiger partial charge in [-0.3, -0.25) is 4.99 Å². The first-order valence-electron chi connectivity index (χ1n) is 6.43. The van der Waals surface area contributed by atoms with Crippen molar-refractivity contribution in [1.82, 2.24) is 9.21 Å². The van der Waals surface area contributed by atoms with E-state index in [1.165, 1.54) is 4.31 Å². The van der Waals surface area contributed by atoms with Crippen LogP contribution in [0.1, 0.15) is 13.8 Å². The first kappa shape index (κ1) is 16.2. The number of sulfonamides is 1. The van der Waals surface area contributed by atoms with Crippen molar-refractivity contribution >= 4 is 16.0 Å². The molecule has 1 saturated heterocycles. The van der Waals surface area contributed by atoms with Gasteiger partial charge in [0.1, 0.15) is 0 Å². The number of guanidine groups is 1. The molecule has 1 heterocycles. The third kappa shape index (κ3) is 4.96. The van der Waals surface area contributed by atoms with Crippen molar-refractivity contribution in [1.29, 1.82) is 0 Å². The number of hydrogen-bond donors (Lipinski definition) is 1. The Bertz CT molecular complexity index is 400. The van der Waals surface area contributed by atoms with Gasteiger partial charge >= 0.3 is 0 Å². The highest BCUT2D eigenvalue weighted by molar-refractivity contribution is 7.89. The molecule has 0 aliphatic carbocycles. The maximum Gasteiger partial charge on any atom is 0.216 e. The summed E-state index contributed by atoms with van der Waals surface area (Å²) < 4.78 is 30.9. The summed E-state index contributed by atoms with van der Waals surface area (Å²) in [5.74, 6) is 0.489. The summed E-state index contributed by atoms with van der Waals surface area (Å²) in [6.45, 7) is 6.05. The average molecular weight is 292 g/mol. The van der Waals surface area contributed by atoms with Gasteiger partial charge in [-0.15, -0.1) is 0 Å². The molecule has 8 heteroatoms. The van der Waals surface area contributed by atoms with Gasteiger partial charge in [0.15, 0.2) is 5.96 Å². The van der Waals surface area contributed by atoms with E-state index >= 15 is 0 Å². The molecule has 0 radical (unpaired) electrons. The van der Waals surface area contributed by atoms with Crippen LogP contribution in [0.4, 0.5) is 0 Å². The molecule has 19 heavy (non-hydrogen) atoms. The van der Waals surface area contributed by atoms with Crippen molar-refractivity contribution in [3.8, 4) is 0 Å². The van der Waals surface area contributed by atoms with Crippen molar-refractivity contribution in [2.75, 3.05) is 45.6 Å². The smallest absolute Gasteiger partial charge is 0.216 e. The number of rotatable bonds is 5. The lowest BCUT2D eigenvalue weighted by Gasteiger charge is -2.34. The van der Waals surface area contributed by atoms with E-state index in [0.29, 0.717) is 32.1 Å². The van der Waals surface area contributed by atoms with Crippen LogP contribution in [-0.4, -0.2) is 75.3 Å². The van der Waals surface area contributed by atoms with E-state index in [1.54, 1.807) is 7.05 Å². The highest BCUT2D eigenvalue weighted by atomic mass is 32.2. The van der Waals surface area contributed by atoms with Gasteiger partial charge in [0.25, 0.3) is 0 Å². The minimum absolute atomic E-state index is 0.0303. The van der Waals surface area contributed by atoms with E-state index in [1.807, 2.05) is 18.7 Å². The molecule has 0 saturated carbocycles. The van der Waals surface area contributed by atoms with Crippen LogP contribution < -0.4 is 5.73 Å². The van der Waals surface area contributed by atoms with Gasteiger partial charge in [0.2, 0.25) is 10.0 Å². The Hall–Kier alpha value is -0.860. The summed E-state index contributed by atoms with van der Waals surface area (Å²) in [7, 11) is -1.61. The molecule has 0 aromatic carbocycles. The van der Waals surface area contributed by atoms with Crippen LogP contribution in [0, 0.1) is 0 Å². The standard InChI is InChI=1S/C11H24N4O3S/c1-10(2)18-8-9-19(16,17)15-6-4-14(5-7-15)11(12)13-3/h10H,4-9H2,1-3H3,(H2,12,13). The topological polar surface area (TPSA) is 88.2 Å². The lowest BCUT2D eigenvalue weighted by atomic mass is 10.4. The summed E-state index contributed by atoms with van der Waals surface area (Å²) >= 11 is 0. The maximum atomic E-state index is 12.1. The van der Waals surface area contributed by atoms with Crippen LogP contribution in [0.25, 0.3) is 0 Å². The van der Waals surface area contributed by atoms with Crippen molar-refractivity contribution in [2.45, 2.75) is 20.0 Å². The van der Waals surface area contributed by atoms with E-state index < -0.39 is 10.0 Å². The van der Waals surface area contributed by atoms with Gasteiger partial charge < -0.3 is 15.4 Å². The van der Waals surface area contributed by atoms with Crippen molar-refractivity contribution in [3.63, 3.8) is 0 Å². The third-order valence-corrected chi connectivity index (χ3v) is 4.81. The Labute approximate surface area is 115 Å². The molecule has 2 N–H and O–H groups in total. The molecular weight excluding hydrogens is 268 g/mol. The maximum absolute atomic E-state index is 12.1. The molecule has 0 amide bonds. The number of hydrogen-bond acceptors (Lipinski definition) is 4. The van der Waals surface area contributed by atoms with E-state index in [9.17, 15) is 8.42 Å². The SMILES string of the molecule is CN=C(N)N1CCN(S(=O)(=O)CCOC(C)C)CC1. The lowest BCUT2D eigenvalue weighted by Crippen LogP contribution is -2.53. The fourth-order valence-corrected chi connectivity index (χ4v) is 3.14. The van der Waals surface area contributed by atoms with Gasteiger partial charge in [-0.05, 0) is 13.8 Å². The summed E-state index contributed by atoms with van der Waals surface area (Å²) in [6, 6.07) is 0. The molecule has 7 nitrogen and oxygen atoms in total. The van der Waals surface area contributed by atoms with Crippen LogP contribution in [0.5, 0.6) is 0 Å². The van der Waals surface area contributed by atoms with E-state index in [4.69, 9.17) is 10.5 Å². The molecule has 1 fully saturated rings. The molecule has 0 aromatic rings. The highest BCUT2D eigenvalue weighted by Gasteiger charge is 2.27. The van der Waals surface area contributed by atoms with Gasteiger partial charge in [-0.2, -0.15) is 4.31 Å². The molecule has 112 valence electrons. The Morgan fingerprint density at radius 1 is 1.32 bits per heavy atom. The zero-order valence-corrected chi connectivity index (χ0v) is 12.7. The second-order valence-corrected chi connectivity index (χ2v) is 6.79. The normalized spacial score (nSPS) is 19.2. The summed E-state index contributed by atoms with van der Waals surface area (Å²) in [6.07, 6.45) is 0.0487. The summed E-state index contributed by atoms with van der Waals surface area (Å²) in [5, 5.41) is 0. The first-order valence-corrected chi connectivity index (χ1v) is 8.04. The van der Waals surface area contributed by atoms with Crippen molar-refractivity contribution in [2.24, 2.45) is 10.7 Å². The summed E-state index contributed by atoms with van der Waals surface area (Å²) in [5.41, 5.74) is 5.70. The number of ether oxygens (including phenoxy) is 1. The first-order chi connectivity index (χ1) is 8.86. The number of aliphatic imine (C=N–C) groups is 1. The Kier molecular flexibility index (Phi) is 6.02. The fourth-order valence-electron chi connectivity index (χ4n) is 1.86. The minimum Gasteiger partial charge on any atom is -0.378 e. The molecule has 0 aromatic heterocycles. The molecule has 0 spiro atoms. The van der Waals surface area contributed by atoms with Crippen molar-refractivity contribution in [3.05, 3.63) is 0 Å². The predicted octanol–water partition coefficient (Wildman–Crippen LogP) is -0.697. The fraction of sp³-hybridized carbons (Fsp3) is 0.909. The van der Waals surface area contributed by atoms with E-state index in [-0.39, 0.29) is 18.5 Å². The van der Waals surface area contributed by atoms with Crippen LogP contribution in [-0.2, 0) is 14.8 Å². The Morgan fingerprint density at radius 3 is 2.37 bits per heavy atom. The van der Waals surface area contributed by atoms with Gasteiger partial charge in [0, 0.05) is 33.2 Å². The molecular formula is C11H24N4O3S. The molecule has 1 aliphatic rings. The van der Waals surface area contributed by atoms with Crippen LogP contribution >= 0.6 is 0 Å². The van der Waals surface area contributed by atoms with Gasteiger partial charge in [0.05, 0.1) is 18.5 Å². The van der Waals surface area contributed by atoms with E-state index in [2.05, 4.69) is 4.99 Å². The number of piperazine rings is 1. The molecule has 0 unspecified atom stereocenters. The predicted molar refractivity (Wildman–Crippen MR) is 75.6 cm³/mol. The number of nitrogens with zero attached hydrogens (tertiary/aromatic N) is 3. The molecule has 0 bridgehead atoms. The monoisotopic (exact) mass is 292 g/mol. The second kappa shape index (κ2) is 7.06. The average Bonchev–Trinajstić information content (AvgIpc) is 2.37. The van der Waals surface area contributed by atoms with Gasteiger partial charge in [-0.1, -0.05) is 0 Å². The molecule has 1 rings (SSSR count). The molecule has 0 atom stereocenters. The Balaban J connectivity index is 2.45. The van der Waals surface area contributed by atoms with Crippen LogP contribution in [0.3, 0.4) is 0 Å². The summed E-state index contributed by atoms with van der Waals surface area (Å²) in [4.78, 5) is 5.79. The highest BCUT2D eigenvalue weighted by Crippen LogP contribution is 2.08. The van der Waals surface area contributed by atoms with Gasteiger partial charge in [-0.25, -0.2) is 8.42 Å². The zero-order valence-electron chi connectivity index (χ0n) is 11.9. The van der Waals surface area contributed by atoms with Crippen LogP contribution in [0.15, 0.2) is 4.99 Å². The quantitative estimate of drug-likeness (QED) is 0.535. The van der Waals surface area contributed by atoms with Crippen molar-refractivity contribution < 1.29 is 13.2 Å². The van der Waals surface area contributed by atoms with Crippen LogP contribution in [0.2, 0.25) is 0 Å². The minimum atomic E-state index is -3.23. The third-order valence-electron chi connectivity index (χ3n) is 2.98. The zero-order chi connectivity index (χ0) is 14.5. The largest absolute Gasteiger partial charge is 0.378 e. The second-order valence-electron chi connectivity index (χ2n) is 4.70. The Morgan fingerprint density at radius 2 is 1.89 bits per heavy atom. The lowest BCUT2D eigenvalue weighted by molar-refractivity contribution is 0.0905. The number of nitrogens with two attached hydrogens (primary N) is 1.